The summed E-state index contributed by atoms with van der Waals surface area (Å²) < 4.78 is 0. The third kappa shape index (κ3) is 2.82. The molecule has 4 heteroatoms. The van der Waals surface area contributed by atoms with Gasteiger partial charge in [-0.1, -0.05) is 18.2 Å². The lowest BCUT2D eigenvalue weighted by Gasteiger charge is -2.15. The Kier molecular flexibility index (Phi) is 3.88. The van der Waals surface area contributed by atoms with Gasteiger partial charge in [0, 0.05) is 5.56 Å². The van der Waals surface area contributed by atoms with Gasteiger partial charge in [0.25, 0.3) is 5.91 Å². The van der Waals surface area contributed by atoms with E-state index in [9.17, 15) is 4.79 Å². The maximum atomic E-state index is 11.7. The fraction of sp³-hybridized carbons (Fsp3) is 0.182. The van der Waals surface area contributed by atoms with Crippen LogP contribution in [-0.4, -0.2) is 23.9 Å². The van der Waals surface area contributed by atoms with Crippen LogP contribution in [0.5, 0.6) is 0 Å². The normalized spacial score (nSPS) is 8.67. The molecule has 0 saturated heterocycles. The molecule has 0 radical (unpaired) electrons. The van der Waals surface area contributed by atoms with Gasteiger partial charge >= 0.3 is 0 Å². The summed E-state index contributed by atoms with van der Waals surface area (Å²) in [4.78, 5) is 13.0. The van der Waals surface area contributed by atoms with Crippen molar-refractivity contribution in [3.05, 3.63) is 35.9 Å². The molecule has 0 unspecified atom stereocenters. The number of nitriles is 2. The molecule has 0 aromatic heterocycles. The van der Waals surface area contributed by atoms with Crippen LogP contribution in [0.1, 0.15) is 10.4 Å². The van der Waals surface area contributed by atoms with E-state index >= 15 is 0 Å². The average Bonchev–Trinajstić information content (AvgIpc) is 2.29. The van der Waals surface area contributed by atoms with E-state index in [0.29, 0.717) is 5.56 Å². The molecule has 0 bridgehead atoms. The molecule has 0 aliphatic heterocycles. The van der Waals surface area contributed by atoms with Crippen LogP contribution in [0.2, 0.25) is 0 Å². The van der Waals surface area contributed by atoms with E-state index in [0.717, 1.165) is 0 Å². The number of nitrogens with zero attached hydrogens (tertiary/aromatic N) is 3. The van der Waals surface area contributed by atoms with Gasteiger partial charge in [0.15, 0.2) is 0 Å². The van der Waals surface area contributed by atoms with Crippen LogP contribution < -0.4 is 0 Å². The summed E-state index contributed by atoms with van der Waals surface area (Å²) in [6.45, 7) is -0.136. The predicted octanol–water partition coefficient (Wildman–Crippen LogP) is 1.18. The first-order valence-electron chi connectivity index (χ1n) is 4.38. The van der Waals surface area contributed by atoms with Crippen LogP contribution >= 0.6 is 0 Å². The molecule has 1 aromatic rings. The number of rotatable bonds is 3. The number of carbonyl (C=O) groups excluding carboxylic acids is 1. The Bertz CT molecular complexity index is 398. The minimum absolute atomic E-state index is 0.0682. The van der Waals surface area contributed by atoms with Crippen molar-refractivity contribution in [2.75, 3.05) is 13.1 Å². The Morgan fingerprint density at radius 1 is 1.13 bits per heavy atom. The van der Waals surface area contributed by atoms with E-state index in [1.54, 1.807) is 30.3 Å². The first-order chi connectivity index (χ1) is 7.29. The van der Waals surface area contributed by atoms with Crippen LogP contribution in [0.3, 0.4) is 0 Å². The van der Waals surface area contributed by atoms with E-state index in [1.165, 1.54) is 4.90 Å². The molecule has 74 valence electrons. The summed E-state index contributed by atoms with van der Waals surface area (Å²) in [6.07, 6.45) is 0. The van der Waals surface area contributed by atoms with Crippen LogP contribution in [0, 0.1) is 22.7 Å². The average molecular weight is 199 g/mol. The van der Waals surface area contributed by atoms with Crippen LogP contribution in [0.25, 0.3) is 0 Å². The lowest BCUT2D eigenvalue weighted by atomic mass is 10.2. The molecule has 0 aliphatic carbocycles. The highest BCUT2D eigenvalue weighted by Crippen LogP contribution is 2.03. The quantitative estimate of drug-likeness (QED) is 0.686. The smallest absolute Gasteiger partial charge is 0.255 e. The molecule has 1 aromatic carbocycles. The summed E-state index contributed by atoms with van der Waals surface area (Å²) in [5.74, 6) is -0.293. The van der Waals surface area contributed by atoms with E-state index in [-0.39, 0.29) is 19.0 Å². The zero-order chi connectivity index (χ0) is 11.1. The highest BCUT2D eigenvalue weighted by molar-refractivity contribution is 5.94. The van der Waals surface area contributed by atoms with Crippen molar-refractivity contribution in [3.8, 4) is 12.1 Å². The summed E-state index contributed by atoms with van der Waals surface area (Å²) >= 11 is 0. The molecule has 0 aliphatic rings. The zero-order valence-electron chi connectivity index (χ0n) is 8.05. The standard InChI is InChI=1S/C11H9N3O/c12-6-8-14(9-7-13)11(15)10-4-2-1-3-5-10/h1-5H,8-9H2. The minimum Gasteiger partial charge on any atom is -0.312 e. The summed E-state index contributed by atoms with van der Waals surface area (Å²) in [6, 6.07) is 12.3. The van der Waals surface area contributed by atoms with Crippen molar-refractivity contribution in [2.45, 2.75) is 0 Å². The van der Waals surface area contributed by atoms with Crippen molar-refractivity contribution in [1.82, 2.24) is 4.90 Å². The van der Waals surface area contributed by atoms with Gasteiger partial charge in [0.2, 0.25) is 0 Å². The second-order valence-electron chi connectivity index (χ2n) is 2.84. The molecule has 1 amide bonds. The molecule has 0 saturated carbocycles. The highest BCUT2D eigenvalue weighted by Gasteiger charge is 2.13. The maximum Gasteiger partial charge on any atom is 0.255 e. The van der Waals surface area contributed by atoms with Crippen LogP contribution in [-0.2, 0) is 0 Å². The van der Waals surface area contributed by atoms with Crippen molar-refractivity contribution in [2.24, 2.45) is 0 Å². The second-order valence-corrected chi connectivity index (χ2v) is 2.84. The molecule has 0 spiro atoms. The molecule has 4 nitrogen and oxygen atoms in total. The Hall–Kier alpha value is -2.33. The molecule has 0 heterocycles. The molecule has 15 heavy (non-hydrogen) atoms. The van der Waals surface area contributed by atoms with Gasteiger partial charge in [-0.15, -0.1) is 0 Å². The summed E-state index contributed by atoms with van der Waals surface area (Å²) in [5.41, 5.74) is 0.489. The van der Waals surface area contributed by atoms with Crippen LogP contribution in [0.4, 0.5) is 0 Å². The van der Waals surface area contributed by atoms with Crippen molar-refractivity contribution in [3.63, 3.8) is 0 Å². The Morgan fingerprint density at radius 3 is 2.13 bits per heavy atom. The highest BCUT2D eigenvalue weighted by atomic mass is 16.2. The van der Waals surface area contributed by atoms with E-state index in [4.69, 9.17) is 10.5 Å². The molecule has 0 fully saturated rings. The van der Waals surface area contributed by atoms with Crippen molar-refractivity contribution in [1.29, 1.82) is 10.5 Å². The number of hydrogen-bond acceptors (Lipinski definition) is 3. The molecule has 1 rings (SSSR count). The van der Waals surface area contributed by atoms with Gasteiger partial charge in [-0.05, 0) is 12.1 Å². The lowest BCUT2D eigenvalue weighted by molar-refractivity contribution is 0.0794. The zero-order valence-corrected chi connectivity index (χ0v) is 8.05. The first kappa shape index (κ1) is 10.7. The topological polar surface area (TPSA) is 67.9 Å². The number of benzene rings is 1. The van der Waals surface area contributed by atoms with Gasteiger partial charge in [-0.3, -0.25) is 4.79 Å². The maximum absolute atomic E-state index is 11.7. The predicted molar refractivity (Wildman–Crippen MR) is 53.6 cm³/mol. The monoisotopic (exact) mass is 199 g/mol. The fourth-order valence-electron chi connectivity index (χ4n) is 1.13. The van der Waals surface area contributed by atoms with Crippen LogP contribution in [0.15, 0.2) is 30.3 Å². The van der Waals surface area contributed by atoms with Gasteiger partial charge < -0.3 is 4.90 Å². The van der Waals surface area contributed by atoms with E-state index in [1.807, 2.05) is 12.1 Å². The Balaban J connectivity index is 2.83. The van der Waals surface area contributed by atoms with Gasteiger partial charge in [-0.2, -0.15) is 10.5 Å². The Labute approximate surface area is 88.0 Å². The largest absolute Gasteiger partial charge is 0.312 e. The fourth-order valence-corrected chi connectivity index (χ4v) is 1.13. The molecule has 0 N–H and O–H groups in total. The Morgan fingerprint density at radius 2 is 1.67 bits per heavy atom. The van der Waals surface area contributed by atoms with Gasteiger partial charge in [0.1, 0.15) is 13.1 Å². The number of carbonyl (C=O) groups is 1. The molecular formula is C11H9N3O. The third-order valence-corrected chi connectivity index (χ3v) is 1.83. The summed E-state index contributed by atoms with van der Waals surface area (Å²) in [7, 11) is 0. The number of amides is 1. The SMILES string of the molecule is N#CCN(CC#N)C(=O)c1ccccc1. The lowest BCUT2D eigenvalue weighted by Crippen LogP contribution is -2.31. The number of hydrogen-bond donors (Lipinski definition) is 0. The first-order valence-corrected chi connectivity index (χ1v) is 4.38. The van der Waals surface area contributed by atoms with Crippen molar-refractivity contribution >= 4 is 5.91 Å². The third-order valence-electron chi connectivity index (χ3n) is 1.83. The summed E-state index contributed by atoms with van der Waals surface area (Å²) in [5, 5.41) is 17.0. The molecular weight excluding hydrogens is 190 g/mol. The minimum atomic E-state index is -0.293. The van der Waals surface area contributed by atoms with E-state index in [2.05, 4.69) is 0 Å². The second kappa shape index (κ2) is 5.41. The molecule has 0 atom stereocenters. The van der Waals surface area contributed by atoms with Crippen molar-refractivity contribution < 1.29 is 4.79 Å². The van der Waals surface area contributed by atoms with Gasteiger partial charge in [0.05, 0.1) is 12.1 Å². The van der Waals surface area contributed by atoms with E-state index < -0.39 is 0 Å². The van der Waals surface area contributed by atoms with Gasteiger partial charge in [-0.25, -0.2) is 0 Å².